The number of amides is 1. The number of carboxylic acids is 1. The molecule has 0 aromatic heterocycles. The van der Waals surface area contributed by atoms with Crippen molar-refractivity contribution >= 4 is 17.6 Å². The van der Waals surface area contributed by atoms with Gasteiger partial charge in [0, 0.05) is 6.07 Å². The highest BCUT2D eigenvalue weighted by Crippen LogP contribution is 2.44. The molecule has 112 valence electrons. The summed E-state index contributed by atoms with van der Waals surface area (Å²) in [5.74, 6) is -5.14. The summed E-state index contributed by atoms with van der Waals surface area (Å²) in [7, 11) is 0. The van der Waals surface area contributed by atoms with Crippen LogP contribution in [-0.2, 0) is 14.3 Å². The number of nitrogens with one attached hydrogen (secondary N) is 1. The number of hydrogen-bond donors (Lipinski definition) is 2. The van der Waals surface area contributed by atoms with Gasteiger partial charge in [-0.2, -0.15) is 0 Å². The minimum Gasteiger partial charge on any atom is -0.481 e. The average Bonchev–Trinajstić information content (AvgIpc) is 3.02. The van der Waals surface area contributed by atoms with E-state index in [0.29, 0.717) is 18.9 Å². The maximum atomic E-state index is 13.5. The number of carbonyl (C=O) groups excluding carboxylic acids is 1. The molecule has 2 N–H and O–H groups in total. The first-order valence-electron chi connectivity index (χ1n) is 6.61. The molecule has 0 radical (unpaired) electrons. The first kappa shape index (κ1) is 13.9. The summed E-state index contributed by atoms with van der Waals surface area (Å²) >= 11 is 0. The average molecular weight is 297 g/mol. The molecule has 2 aliphatic rings. The van der Waals surface area contributed by atoms with Gasteiger partial charge >= 0.3 is 5.97 Å². The molecule has 21 heavy (non-hydrogen) atoms. The van der Waals surface area contributed by atoms with E-state index >= 15 is 0 Å². The van der Waals surface area contributed by atoms with E-state index in [1.807, 2.05) is 0 Å². The second kappa shape index (κ2) is 5.07. The Morgan fingerprint density at radius 3 is 2.48 bits per heavy atom. The monoisotopic (exact) mass is 297 g/mol. The zero-order valence-electron chi connectivity index (χ0n) is 10.9. The van der Waals surface area contributed by atoms with E-state index in [4.69, 9.17) is 4.74 Å². The van der Waals surface area contributed by atoms with Gasteiger partial charge in [0.05, 0.1) is 29.7 Å². The number of carboxylic acid groups (broad SMARTS) is 1. The van der Waals surface area contributed by atoms with E-state index in [-0.39, 0.29) is 5.69 Å². The molecule has 4 atom stereocenters. The fourth-order valence-electron chi connectivity index (χ4n) is 3.13. The van der Waals surface area contributed by atoms with Crippen molar-refractivity contribution in [3.05, 3.63) is 29.8 Å². The third-order valence-corrected chi connectivity index (χ3v) is 4.05. The van der Waals surface area contributed by atoms with Crippen LogP contribution < -0.4 is 5.32 Å². The molecule has 2 aliphatic heterocycles. The molecule has 2 saturated heterocycles. The molecule has 2 heterocycles. The van der Waals surface area contributed by atoms with E-state index in [2.05, 4.69) is 5.32 Å². The molecular formula is C14H13F2NO4. The summed E-state index contributed by atoms with van der Waals surface area (Å²) in [6.45, 7) is 0. The molecule has 1 aromatic rings. The van der Waals surface area contributed by atoms with Gasteiger partial charge in [0.2, 0.25) is 5.91 Å². The predicted molar refractivity (Wildman–Crippen MR) is 67.5 cm³/mol. The fraction of sp³-hybridized carbons (Fsp3) is 0.429. The number of aliphatic carboxylic acids is 1. The van der Waals surface area contributed by atoms with Crippen LogP contribution in [0.5, 0.6) is 0 Å². The molecule has 5 nitrogen and oxygen atoms in total. The van der Waals surface area contributed by atoms with E-state index < -0.39 is 47.6 Å². The lowest BCUT2D eigenvalue weighted by molar-refractivity contribution is -0.147. The summed E-state index contributed by atoms with van der Waals surface area (Å²) in [6.07, 6.45) is 0.287. The highest BCUT2D eigenvalue weighted by molar-refractivity contribution is 5.96. The molecule has 2 bridgehead atoms. The maximum Gasteiger partial charge on any atom is 0.310 e. The van der Waals surface area contributed by atoms with Gasteiger partial charge < -0.3 is 15.2 Å². The standard InChI is InChI=1S/C14H13F2NO4/c15-6-1-2-8(7(16)5-6)17-13(18)11-9-3-4-10(21-9)12(11)14(19)20/h1-2,5,9-12H,3-4H2,(H,17,18)(H,19,20)/t9-,10+,11+,12+/m1/s1. The van der Waals surface area contributed by atoms with Crippen LogP contribution in [0.3, 0.4) is 0 Å². The molecule has 0 unspecified atom stereocenters. The Morgan fingerprint density at radius 1 is 1.19 bits per heavy atom. The summed E-state index contributed by atoms with van der Waals surface area (Å²) in [4.78, 5) is 23.5. The lowest BCUT2D eigenvalue weighted by atomic mass is 9.78. The number of benzene rings is 1. The molecule has 1 amide bonds. The van der Waals surface area contributed by atoms with Crippen molar-refractivity contribution in [3.63, 3.8) is 0 Å². The minimum absolute atomic E-state index is 0.173. The molecule has 0 spiro atoms. The predicted octanol–water partition coefficient (Wildman–Crippen LogP) is 1.78. The number of rotatable bonds is 3. The van der Waals surface area contributed by atoms with Gasteiger partial charge in [-0.1, -0.05) is 0 Å². The van der Waals surface area contributed by atoms with Crippen LogP contribution in [0.1, 0.15) is 12.8 Å². The van der Waals surface area contributed by atoms with Crippen LogP contribution in [-0.4, -0.2) is 29.2 Å². The highest BCUT2D eigenvalue weighted by atomic mass is 19.1. The largest absolute Gasteiger partial charge is 0.481 e. The quantitative estimate of drug-likeness (QED) is 0.891. The van der Waals surface area contributed by atoms with Crippen molar-refractivity contribution in [1.82, 2.24) is 0 Å². The minimum atomic E-state index is -1.10. The SMILES string of the molecule is O=C(O)[C@@H]1[C@@H](C(=O)Nc2ccc(F)cc2F)[C@H]2CC[C@@H]1O2. The van der Waals surface area contributed by atoms with E-state index in [1.54, 1.807) is 0 Å². The van der Waals surface area contributed by atoms with Crippen LogP contribution in [0, 0.1) is 23.5 Å². The number of ether oxygens (including phenoxy) is 1. The molecular weight excluding hydrogens is 284 g/mol. The lowest BCUT2D eigenvalue weighted by Crippen LogP contribution is -2.41. The van der Waals surface area contributed by atoms with E-state index in [9.17, 15) is 23.5 Å². The Labute approximate surface area is 118 Å². The number of halogens is 2. The van der Waals surface area contributed by atoms with Gasteiger partial charge in [-0.3, -0.25) is 9.59 Å². The number of hydrogen-bond acceptors (Lipinski definition) is 3. The number of fused-ring (bicyclic) bond motifs is 2. The van der Waals surface area contributed by atoms with Crippen LogP contribution in [0.2, 0.25) is 0 Å². The van der Waals surface area contributed by atoms with Gasteiger partial charge in [0.25, 0.3) is 0 Å². The Bertz CT molecular complexity index is 607. The van der Waals surface area contributed by atoms with Crippen molar-refractivity contribution in [1.29, 1.82) is 0 Å². The Balaban J connectivity index is 1.80. The van der Waals surface area contributed by atoms with Gasteiger partial charge in [0.15, 0.2) is 0 Å². The summed E-state index contributed by atoms with van der Waals surface area (Å²) in [5.41, 5.74) is -0.173. The highest BCUT2D eigenvalue weighted by Gasteiger charge is 2.55. The molecule has 0 saturated carbocycles. The van der Waals surface area contributed by atoms with E-state index in [1.165, 1.54) is 0 Å². The Kier molecular flexibility index (Phi) is 3.36. The second-order valence-electron chi connectivity index (χ2n) is 5.29. The molecule has 7 heteroatoms. The van der Waals surface area contributed by atoms with Gasteiger partial charge in [0.1, 0.15) is 11.6 Å². The molecule has 2 fully saturated rings. The third kappa shape index (κ3) is 2.37. The van der Waals surface area contributed by atoms with E-state index in [0.717, 1.165) is 12.1 Å². The topological polar surface area (TPSA) is 75.6 Å². The second-order valence-corrected chi connectivity index (χ2v) is 5.29. The summed E-state index contributed by atoms with van der Waals surface area (Å²) < 4.78 is 31.8. The van der Waals surface area contributed by atoms with Crippen LogP contribution in [0.4, 0.5) is 14.5 Å². The third-order valence-electron chi connectivity index (χ3n) is 4.05. The fourth-order valence-corrected chi connectivity index (χ4v) is 3.13. The van der Waals surface area contributed by atoms with Crippen molar-refractivity contribution in [3.8, 4) is 0 Å². The number of carbonyl (C=O) groups is 2. The summed E-state index contributed by atoms with van der Waals surface area (Å²) in [5, 5.41) is 11.6. The Morgan fingerprint density at radius 2 is 1.86 bits per heavy atom. The van der Waals surface area contributed by atoms with Crippen molar-refractivity contribution < 1.29 is 28.2 Å². The summed E-state index contributed by atoms with van der Waals surface area (Å²) in [6, 6.07) is 2.78. The van der Waals surface area contributed by atoms with Crippen LogP contribution in [0.15, 0.2) is 18.2 Å². The van der Waals surface area contributed by atoms with Crippen LogP contribution >= 0.6 is 0 Å². The Hall–Kier alpha value is -2.02. The normalized spacial score (nSPS) is 30.4. The van der Waals surface area contributed by atoms with Gasteiger partial charge in [-0.05, 0) is 25.0 Å². The van der Waals surface area contributed by atoms with Gasteiger partial charge in [-0.25, -0.2) is 8.78 Å². The zero-order chi connectivity index (χ0) is 15.1. The molecule has 1 aromatic carbocycles. The molecule has 3 rings (SSSR count). The van der Waals surface area contributed by atoms with Crippen molar-refractivity contribution in [2.24, 2.45) is 11.8 Å². The van der Waals surface area contributed by atoms with Crippen molar-refractivity contribution in [2.75, 3.05) is 5.32 Å². The lowest BCUT2D eigenvalue weighted by Gasteiger charge is -2.23. The van der Waals surface area contributed by atoms with Crippen molar-refractivity contribution in [2.45, 2.75) is 25.0 Å². The van der Waals surface area contributed by atoms with Crippen LogP contribution in [0.25, 0.3) is 0 Å². The smallest absolute Gasteiger partial charge is 0.310 e. The van der Waals surface area contributed by atoms with Gasteiger partial charge in [-0.15, -0.1) is 0 Å². The zero-order valence-corrected chi connectivity index (χ0v) is 10.9. The number of anilines is 1. The molecule has 0 aliphatic carbocycles. The first-order valence-corrected chi connectivity index (χ1v) is 6.61. The maximum absolute atomic E-state index is 13.5. The first-order chi connectivity index (χ1) is 9.97.